The fourth-order valence-electron chi connectivity index (χ4n) is 6.74. The zero-order valence-corrected chi connectivity index (χ0v) is 24.6. The van der Waals surface area contributed by atoms with Crippen molar-refractivity contribution in [1.29, 1.82) is 0 Å². The van der Waals surface area contributed by atoms with Crippen molar-refractivity contribution in [3.63, 3.8) is 0 Å². The molecule has 2 rings (SSSR count). The van der Waals surface area contributed by atoms with Crippen molar-refractivity contribution in [1.82, 2.24) is 8.97 Å². The van der Waals surface area contributed by atoms with Crippen LogP contribution in [0.2, 0.25) is 0 Å². The van der Waals surface area contributed by atoms with E-state index in [1.165, 1.54) is 33.3 Å². The monoisotopic (exact) mass is 454 g/mol. The van der Waals surface area contributed by atoms with E-state index in [2.05, 4.69) is 128 Å². The Balaban J connectivity index is 3.34. The molecule has 0 aliphatic rings. The Morgan fingerprint density at radius 1 is 0.697 bits per heavy atom. The largest absolute Gasteiger partial charge is 0.289 e. The van der Waals surface area contributed by atoms with E-state index in [1.54, 1.807) is 0 Å². The van der Waals surface area contributed by atoms with Crippen molar-refractivity contribution in [2.24, 2.45) is 0 Å². The SMILES string of the molecule is Cc1cccc2c([N+](C(C)C)(C(C)C)C(C)C)cc(C(C)(C)C)c([N+](C)(C(C)C)C(C)C)c12. The number of quaternary nitrogens is 2. The lowest BCUT2D eigenvalue weighted by molar-refractivity contribution is 0.137. The van der Waals surface area contributed by atoms with Crippen LogP contribution in [0.3, 0.4) is 0 Å². The summed E-state index contributed by atoms with van der Waals surface area (Å²) >= 11 is 0. The summed E-state index contributed by atoms with van der Waals surface area (Å²) in [5.74, 6) is 0. The van der Waals surface area contributed by atoms with Gasteiger partial charge < -0.3 is 0 Å². The molecule has 0 amide bonds. The van der Waals surface area contributed by atoms with Gasteiger partial charge in [-0.3, -0.25) is 8.97 Å². The molecule has 0 heterocycles. The van der Waals surface area contributed by atoms with Crippen LogP contribution < -0.4 is 8.97 Å². The highest BCUT2D eigenvalue weighted by atomic mass is 15.4. The minimum Gasteiger partial charge on any atom is -0.289 e. The van der Waals surface area contributed by atoms with Crippen molar-refractivity contribution in [3.8, 4) is 0 Å². The maximum Gasteiger partial charge on any atom is 0.145 e. The van der Waals surface area contributed by atoms with Gasteiger partial charge in [-0.2, -0.15) is 0 Å². The van der Waals surface area contributed by atoms with Gasteiger partial charge in [0.1, 0.15) is 11.4 Å². The highest BCUT2D eigenvalue weighted by molar-refractivity contribution is 6.05. The zero-order valence-electron chi connectivity index (χ0n) is 24.6. The van der Waals surface area contributed by atoms with Crippen LogP contribution in [-0.2, 0) is 5.41 Å². The van der Waals surface area contributed by atoms with E-state index >= 15 is 0 Å². The van der Waals surface area contributed by atoms with Gasteiger partial charge in [-0.05, 0) is 93.2 Å². The second-order valence-corrected chi connectivity index (χ2v) is 13.0. The van der Waals surface area contributed by atoms with Gasteiger partial charge in [0.2, 0.25) is 0 Å². The Morgan fingerprint density at radius 3 is 1.52 bits per heavy atom. The summed E-state index contributed by atoms with van der Waals surface area (Å²) in [6.07, 6.45) is 0. The normalized spacial score (nSPS) is 14.1. The molecule has 2 heteroatoms. The Bertz CT molecular complexity index is 941. The number of hydrogen-bond acceptors (Lipinski definition) is 0. The molecule has 33 heavy (non-hydrogen) atoms. The van der Waals surface area contributed by atoms with Crippen LogP contribution in [0.15, 0.2) is 24.3 Å². The molecule has 0 saturated heterocycles. The maximum atomic E-state index is 2.62. The van der Waals surface area contributed by atoms with Crippen molar-refractivity contribution >= 4 is 22.1 Å². The first-order valence-corrected chi connectivity index (χ1v) is 13.3. The molecular formula is C31H54N2+2. The first-order chi connectivity index (χ1) is 15.0. The van der Waals surface area contributed by atoms with Crippen molar-refractivity contribution < 1.29 is 0 Å². The molecule has 0 aliphatic heterocycles. The third-order valence-corrected chi connectivity index (χ3v) is 8.74. The van der Waals surface area contributed by atoms with Gasteiger partial charge in [0, 0.05) is 17.0 Å². The molecular weight excluding hydrogens is 400 g/mol. The minimum atomic E-state index is 0.0461. The molecule has 0 fully saturated rings. The van der Waals surface area contributed by atoms with E-state index < -0.39 is 0 Å². The molecule has 0 saturated carbocycles. The highest BCUT2D eigenvalue weighted by Crippen LogP contribution is 2.50. The first-order valence-electron chi connectivity index (χ1n) is 13.3. The van der Waals surface area contributed by atoms with Crippen LogP contribution in [0.1, 0.15) is 101 Å². The summed E-state index contributed by atoms with van der Waals surface area (Å²) in [6, 6.07) is 12.1. The van der Waals surface area contributed by atoms with E-state index in [0.29, 0.717) is 30.2 Å². The van der Waals surface area contributed by atoms with Crippen LogP contribution >= 0.6 is 0 Å². The molecule has 0 spiro atoms. The number of nitrogens with zero attached hydrogens (tertiary/aromatic N) is 2. The molecule has 2 nitrogen and oxygen atoms in total. The summed E-state index contributed by atoms with van der Waals surface area (Å²) in [6.45, 7) is 33.6. The fraction of sp³-hybridized carbons (Fsp3) is 0.677. The quantitative estimate of drug-likeness (QED) is 0.367. The van der Waals surface area contributed by atoms with Gasteiger partial charge >= 0.3 is 0 Å². The lowest BCUT2D eigenvalue weighted by Crippen LogP contribution is -2.63. The molecule has 0 bridgehead atoms. The first kappa shape index (κ1) is 27.9. The molecule has 0 unspecified atom stereocenters. The molecule has 186 valence electrons. The topological polar surface area (TPSA) is 0 Å². The van der Waals surface area contributed by atoms with Crippen LogP contribution in [0.5, 0.6) is 0 Å². The second kappa shape index (κ2) is 9.34. The average Bonchev–Trinajstić information content (AvgIpc) is 2.65. The molecule has 0 aromatic heterocycles. The molecule has 2 aromatic rings. The molecule has 0 aliphatic carbocycles. The molecule has 0 atom stereocenters. The number of hydrogen-bond donors (Lipinski definition) is 0. The third-order valence-electron chi connectivity index (χ3n) is 8.74. The lowest BCUT2D eigenvalue weighted by atomic mass is 9.80. The zero-order chi connectivity index (χ0) is 25.7. The third kappa shape index (κ3) is 4.27. The molecule has 0 N–H and O–H groups in total. The number of benzene rings is 2. The van der Waals surface area contributed by atoms with Crippen molar-refractivity contribution in [2.45, 2.75) is 133 Å². The summed E-state index contributed by atoms with van der Waals surface area (Å²) in [5.41, 5.74) is 5.98. The van der Waals surface area contributed by atoms with Crippen LogP contribution in [0, 0.1) is 6.92 Å². The minimum absolute atomic E-state index is 0.0461. The van der Waals surface area contributed by atoms with Gasteiger partial charge in [-0.25, -0.2) is 0 Å². The van der Waals surface area contributed by atoms with E-state index in [4.69, 9.17) is 0 Å². The van der Waals surface area contributed by atoms with E-state index in [-0.39, 0.29) is 5.41 Å². The summed E-state index contributed by atoms with van der Waals surface area (Å²) in [7, 11) is 2.46. The van der Waals surface area contributed by atoms with E-state index in [0.717, 1.165) is 8.97 Å². The van der Waals surface area contributed by atoms with Gasteiger partial charge in [0.15, 0.2) is 0 Å². The Labute approximate surface area is 206 Å². The van der Waals surface area contributed by atoms with Gasteiger partial charge in [-0.1, -0.05) is 32.9 Å². The summed E-state index contributed by atoms with van der Waals surface area (Å²) in [4.78, 5) is 0. The van der Waals surface area contributed by atoms with Crippen LogP contribution in [0.4, 0.5) is 11.4 Å². The standard InChI is InChI=1S/C31H54N2/c1-20(2)32(15,21(3)4)30-27(31(12,13)14)19-28(26-18-16-17-25(11)29(26)30)33(22(5)6,23(7)8)24(9)10/h16-24H,1-15H3/q+2. The van der Waals surface area contributed by atoms with Gasteiger partial charge in [-0.15, -0.1) is 0 Å². The number of rotatable bonds is 7. The summed E-state index contributed by atoms with van der Waals surface area (Å²) < 4.78 is 1.94. The maximum absolute atomic E-state index is 2.62. The number of fused-ring (bicyclic) bond motifs is 1. The van der Waals surface area contributed by atoms with Gasteiger partial charge in [0.25, 0.3) is 0 Å². The van der Waals surface area contributed by atoms with Crippen molar-refractivity contribution in [2.75, 3.05) is 7.05 Å². The van der Waals surface area contributed by atoms with Crippen molar-refractivity contribution in [3.05, 3.63) is 35.4 Å². The Kier molecular flexibility index (Phi) is 7.89. The highest BCUT2D eigenvalue weighted by Gasteiger charge is 2.46. The predicted molar refractivity (Wildman–Crippen MR) is 153 cm³/mol. The molecule has 2 aromatic carbocycles. The Morgan fingerprint density at radius 2 is 1.15 bits per heavy atom. The average molecular weight is 455 g/mol. The smallest absolute Gasteiger partial charge is 0.145 e. The van der Waals surface area contributed by atoms with E-state index in [1.807, 2.05) is 0 Å². The Hall–Kier alpha value is -1.38. The van der Waals surface area contributed by atoms with Crippen LogP contribution in [-0.4, -0.2) is 37.3 Å². The lowest BCUT2D eigenvalue weighted by Gasteiger charge is -2.51. The summed E-state index contributed by atoms with van der Waals surface area (Å²) in [5, 5.41) is 2.93. The van der Waals surface area contributed by atoms with Crippen LogP contribution in [0.25, 0.3) is 10.8 Å². The second-order valence-electron chi connectivity index (χ2n) is 13.0. The fourth-order valence-corrected chi connectivity index (χ4v) is 6.74. The van der Waals surface area contributed by atoms with Gasteiger partial charge in [0.05, 0.1) is 42.6 Å². The van der Waals surface area contributed by atoms with E-state index in [9.17, 15) is 0 Å². The molecule has 0 radical (unpaired) electrons. The predicted octanol–water partition coefficient (Wildman–Crippen LogP) is 8.73. The number of aryl methyl sites for hydroxylation is 1.